The Morgan fingerprint density at radius 3 is 2.06 bits per heavy atom. The molecule has 0 bridgehead atoms. The topological polar surface area (TPSA) is 65.0 Å². The number of benzene rings is 6. The van der Waals surface area contributed by atoms with Crippen LogP contribution in [0.15, 0.2) is 173 Å². The van der Waals surface area contributed by atoms with Crippen molar-refractivity contribution in [2.24, 2.45) is 5.92 Å². The highest BCUT2D eigenvalue weighted by atomic mass is 16.3. The molecule has 3 heterocycles. The minimum absolute atomic E-state index is 0.192. The van der Waals surface area contributed by atoms with Crippen molar-refractivity contribution in [2.45, 2.75) is 5.92 Å². The number of furan rings is 2. The molecule has 2 aliphatic carbocycles. The molecule has 5 heteroatoms. The lowest BCUT2D eigenvalue weighted by Crippen LogP contribution is -2.17. The fourth-order valence-corrected chi connectivity index (χ4v) is 8.16. The molecule has 52 heavy (non-hydrogen) atoms. The highest BCUT2D eigenvalue weighted by Gasteiger charge is 2.30. The lowest BCUT2D eigenvalue weighted by molar-refractivity contribution is 0.668. The summed E-state index contributed by atoms with van der Waals surface area (Å²) >= 11 is 0. The normalized spacial score (nSPS) is 16.4. The predicted molar refractivity (Wildman–Crippen MR) is 209 cm³/mol. The van der Waals surface area contributed by atoms with Crippen LogP contribution < -0.4 is 0 Å². The Labute approximate surface area is 298 Å². The molecule has 2 atom stereocenters. The van der Waals surface area contributed by atoms with E-state index in [1.54, 1.807) is 0 Å². The van der Waals surface area contributed by atoms with E-state index in [1.807, 2.05) is 48.5 Å². The molecular formula is C47H29N3O2. The second-order valence-electron chi connectivity index (χ2n) is 13.5. The van der Waals surface area contributed by atoms with Gasteiger partial charge in [-0.3, -0.25) is 0 Å². The number of aromatic nitrogens is 3. The van der Waals surface area contributed by atoms with Gasteiger partial charge in [0.25, 0.3) is 0 Å². The molecule has 0 radical (unpaired) electrons. The van der Waals surface area contributed by atoms with Gasteiger partial charge in [0.05, 0.1) is 0 Å². The van der Waals surface area contributed by atoms with E-state index in [-0.39, 0.29) is 11.8 Å². The van der Waals surface area contributed by atoms with Crippen molar-refractivity contribution in [1.82, 2.24) is 15.0 Å². The van der Waals surface area contributed by atoms with Gasteiger partial charge < -0.3 is 8.83 Å². The Bertz CT molecular complexity index is 2980. The first-order valence-corrected chi connectivity index (χ1v) is 17.6. The summed E-state index contributed by atoms with van der Waals surface area (Å²) in [5, 5.41) is 4.09. The third kappa shape index (κ3) is 4.39. The zero-order chi connectivity index (χ0) is 34.2. The standard InChI is InChI=1S/C47H29N3O2/c1-2-13-28(14-3-1)45-48-46(38-27-29-15-4-5-16-30(29)31-17-6-7-18-32(31)38)50-47(49-45)43-34(25-26-41-42(43)37-20-9-11-24-40(37)51-41)36-22-12-21-35-33-19-8-10-23-39(33)52-44(35)36/h1-27,29-30H. The minimum atomic E-state index is 0.192. The van der Waals surface area contributed by atoms with Crippen LogP contribution in [0.3, 0.4) is 0 Å². The first-order valence-electron chi connectivity index (χ1n) is 17.6. The fourth-order valence-electron chi connectivity index (χ4n) is 8.16. The van der Waals surface area contributed by atoms with E-state index in [9.17, 15) is 0 Å². The number of hydrogen-bond acceptors (Lipinski definition) is 5. The quantitative estimate of drug-likeness (QED) is 0.187. The number of hydrogen-bond donors (Lipinski definition) is 0. The number of rotatable bonds is 4. The number of nitrogens with zero attached hydrogens (tertiary/aromatic N) is 3. The van der Waals surface area contributed by atoms with Crippen molar-refractivity contribution in [3.05, 3.63) is 181 Å². The van der Waals surface area contributed by atoms with Crippen LogP contribution in [0.4, 0.5) is 0 Å². The summed E-state index contributed by atoms with van der Waals surface area (Å²) in [5.41, 5.74) is 10.4. The van der Waals surface area contributed by atoms with Gasteiger partial charge in [0.2, 0.25) is 0 Å². The molecule has 0 spiro atoms. The third-order valence-corrected chi connectivity index (χ3v) is 10.5. The van der Waals surface area contributed by atoms with Gasteiger partial charge >= 0.3 is 0 Å². The summed E-state index contributed by atoms with van der Waals surface area (Å²) in [7, 11) is 0. The van der Waals surface area contributed by atoms with Gasteiger partial charge in [-0.05, 0) is 41.0 Å². The molecule has 2 unspecified atom stereocenters. The highest BCUT2D eigenvalue weighted by molar-refractivity contribution is 6.17. The molecule has 0 amide bonds. The Morgan fingerprint density at radius 2 is 1.15 bits per heavy atom. The molecule has 0 saturated carbocycles. The van der Waals surface area contributed by atoms with Gasteiger partial charge in [0.15, 0.2) is 17.5 Å². The molecule has 244 valence electrons. The van der Waals surface area contributed by atoms with Crippen molar-refractivity contribution in [2.75, 3.05) is 0 Å². The lowest BCUT2D eigenvalue weighted by atomic mass is 9.74. The summed E-state index contributed by atoms with van der Waals surface area (Å²) < 4.78 is 13.1. The molecule has 0 aliphatic heterocycles. The Morgan fingerprint density at radius 1 is 0.462 bits per heavy atom. The van der Waals surface area contributed by atoms with Crippen molar-refractivity contribution in [1.29, 1.82) is 0 Å². The SMILES string of the molecule is C1=CC2C=C(c3nc(-c4ccccc4)nc(-c4c(-c5cccc6c5oc5ccccc56)ccc5oc6ccccc6c45)n3)c3ccccc3C2C=C1. The Kier molecular flexibility index (Phi) is 6.31. The molecule has 0 N–H and O–H groups in total. The van der Waals surface area contributed by atoms with Gasteiger partial charge in [-0.2, -0.15) is 0 Å². The number of para-hydroxylation sites is 3. The maximum absolute atomic E-state index is 6.61. The first-order chi connectivity index (χ1) is 25.8. The van der Waals surface area contributed by atoms with Gasteiger partial charge in [-0.1, -0.05) is 140 Å². The maximum atomic E-state index is 6.61. The number of allylic oxidation sites excluding steroid dienone is 5. The fraction of sp³-hybridized carbons (Fsp3) is 0.0426. The van der Waals surface area contributed by atoms with E-state index in [2.05, 4.69) is 115 Å². The number of fused-ring (bicyclic) bond motifs is 9. The monoisotopic (exact) mass is 667 g/mol. The largest absolute Gasteiger partial charge is 0.456 e. The molecule has 2 aliphatic rings. The van der Waals surface area contributed by atoms with Gasteiger partial charge in [0.1, 0.15) is 22.3 Å². The summed E-state index contributed by atoms with van der Waals surface area (Å²) in [4.78, 5) is 16.0. The van der Waals surface area contributed by atoms with Gasteiger partial charge in [0, 0.05) is 55.6 Å². The predicted octanol–water partition coefficient (Wildman–Crippen LogP) is 11.9. The van der Waals surface area contributed by atoms with E-state index in [4.69, 9.17) is 23.8 Å². The Hall–Kier alpha value is -6.85. The van der Waals surface area contributed by atoms with E-state index in [0.717, 1.165) is 77.3 Å². The van der Waals surface area contributed by atoms with Crippen LogP contribution in [0.2, 0.25) is 0 Å². The molecule has 9 aromatic rings. The third-order valence-electron chi connectivity index (χ3n) is 10.5. The first kappa shape index (κ1) is 28.9. The summed E-state index contributed by atoms with van der Waals surface area (Å²) in [6.07, 6.45) is 11.2. The summed E-state index contributed by atoms with van der Waals surface area (Å²) in [6.45, 7) is 0. The summed E-state index contributed by atoms with van der Waals surface area (Å²) in [5.74, 6) is 2.27. The van der Waals surface area contributed by atoms with E-state index in [0.29, 0.717) is 17.5 Å². The van der Waals surface area contributed by atoms with Crippen LogP contribution in [-0.4, -0.2) is 15.0 Å². The minimum Gasteiger partial charge on any atom is -0.456 e. The second kappa shape index (κ2) is 11.3. The lowest BCUT2D eigenvalue weighted by Gasteiger charge is -2.30. The average Bonchev–Trinajstić information content (AvgIpc) is 3.79. The maximum Gasteiger partial charge on any atom is 0.165 e. The average molecular weight is 668 g/mol. The molecule has 5 nitrogen and oxygen atoms in total. The zero-order valence-corrected chi connectivity index (χ0v) is 27.9. The van der Waals surface area contributed by atoms with Crippen molar-refractivity contribution in [3.63, 3.8) is 0 Å². The zero-order valence-electron chi connectivity index (χ0n) is 27.9. The van der Waals surface area contributed by atoms with Crippen LogP contribution in [0.1, 0.15) is 22.9 Å². The van der Waals surface area contributed by atoms with Crippen LogP contribution in [0.25, 0.3) is 83.4 Å². The molecule has 3 aromatic heterocycles. The smallest absolute Gasteiger partial charge is 0.165 e. The molecule has 0 saturated heterocycles. The highest BCUT2D eigenvalue weighted by Crippen LogP contribution is 2.47. The van der Waals surface area contributed by atoms with Crippen LogP contribution >= 0.6 is 0 Å². The van der Waals surface area contributed by atoms with Crippen LogP contribution in [-0.2, 0) is 0 Å². The molecule has 6 aromatic carbocycles. The van der Waals surface area contributed by atoms with Crippen molar-refractivity contribution in [3.8, 4) is 33.9 Å². The van der Waals surface area contributed by atoms with Crippen molar-refractivity contribution < 1.29 is 8.83 Å². The van der Waals surface area contributed by atoms with E-state index in [1.165, 1.54) is 5.56 Å². The summed E-state index contributed by atoms with van der Waals surface area (Å²) in [6, 6.07) is 45.7. The van der Waals surface area contributed by atoms with Crippen LogP contribution in [0, 0.1) is 5.92 Å². The van der Waals surface area contributed by atoms with Gasteiger partial charge in [-0.15, -0.1) is 0 Å². The van der Waals surface area contributed by atoms with Gasteiger partial charge in [-0.25, -0.2) is 15.0 Å². The van der Waals surface area contributed by atoms with Crippen LogP contribution in [0.5, 0.6) is 0 Å². The van der Waals surface area contributed by atoms with E-state index < -0.39 is 0 Å². The Balaban J connectivity index is 1.24. The van der Waals surface area contributed by atoms with Crippen molar-refractivity contribution >= 4 is 49.5 Å². The molecule has 11 rings (SSSR count). The second-order valence-corrected chi connectivity index (χ2v) is 13.5. The van der Waals surface area contributed by atoms with E-state index >= 15 is 0 Å². The molecule has 0 fully saturated rings. The molecular weight excluding hydrogens is 639 g/mol.